The highest BCUT2D eigenvalue weighted by atomic mass is 16.3. The Hall–Kier alpha value is -9.08. The van der Waals surface area contributed by atoms with Crippen LogP contribution in [0.1, 0.15) is 11.1 Å². The van der Waals surface area contributed by atoms with Gasteiger partial charge in [0.15, 0.2) is 11.4 Å². The van der Waals surface area contributed by atoms with E-state index in [2.05, 4.69) is 104 Å². The summed E-state index contributed by atoms with van der Waals surface area (Å²) in [6.45, 7) is 15.4. The number of para-hydroxylation sites is 2. The quantitative estimate of drug-likeness (QED) is 0.167. The third kappa shape index (κ3) is 4.56. The fourth-order valence-corrected chi connectivity index (χ4v) is 9.09. The Balaban J connectivity index is 1.13. The summed E-state index contributed by atoms with van der Waals surface area (Å²) in [6.07, 6.45) is 0. The number of nitrogens with zero attached hydrogens (tertiary/aromatic N) is 6. The van der Waals surface area contributed by atoms with Gasteiger partial charge in [-0.3, -0.25) is 9.69 Å². The van der Waals surface area contributed by atoms with Crippen LogP contribution >= 0.6 is 0 Å². The van der Waals surface area contributed by atoms with Crippen LogP contribution in [0.5, 0.6) is 0 Å². The van der Waals surface area contributed by atoms with Crippen LogP contribution in [0.3, 0.4) is 0 Å². The van der Waals surface area contributed by atoms with Crippen LogP contribution in [0, 0.1) is 35.8 Å². The molecule has 0 amide bonds. The second-order valence-electron chi connectivity index (χ2n) is 14.9. The van der Waals surface area contributed by atoms with E-state index in [-0.39, 0.29) is 0 Å². The highest BCUT2D eigenvalue weighted by Crippen LogP contribution is 2.43. The molecule has 4 aromatic heterocycles. The molecule has 0 aliphatic heterocycles. The lowest BCUT2D eigenvalue weighted by molar-refractivity contribution is 0.669. The monoisotopic (exact) mass is 764 g/mol. The maximum atomic E-state index is 9.97. The van der Waals surface area contributed by atoms with E-state index in [1.165, 1.54) is 0 Å². The van der Waals surface area contributed by atoms with Gasteiger partial charge in [0.1, 0.15) is 34.5 Å². The average molecular weight is 765 g/mol. The smallest absolute Gasteiger partial charge is 0.196 e. The van der Waals surface area contributed by atoms with E-state index in [1.54, 1.807) is 24.3 Å². The second kappa shape index (κ2) is 12.2. The van der Waals surface area contributed by atoms with Crippen molar-refractivity contribution in [1.82, 2.24) is 9.13 Å². The van der Waals surface area contributed by atoms with E-state index in [0.717, 1.165) is 110 Å². The van der Waals surface area contributed by atoms with Crippen LogP contribution in [-0.4, -0.2) is 9.13 Å². The number of hydrogen-bond acceptors (Lipinski definition) is 4. The van der Waals surface area contributed by atoms with Gasteiger partial charge in [-0.1, -0.05) is 60.7 Å². The first-order chi connectivity index (χ1) is 29.5. The van der Waals surface area contributed by atoms with Crippen LogP contribution in [0.15, 0.2) is 154 Å². The Bertz CT molecular complexity index is 3810. The molecule has 12 rings (SSSR count). The van der Waals surface area contributed by atoms with Gasteiger partial charge >= 0.3 is 0 Å². The first-order valence-corrected chi connectivity index (χ1v) is 19.2. The highest BCUT2D eigenvalue weighted by molar-refractivity contribution is 6.20. The lowest BCUT2D eigenvalue weighted by atomic mass is 10.00. The summed E-state index contributed by atoms with van der Waals surface area (Å²) >= 11 is 0. The summed E-state index contributed by atoms with van der Waals surface area (Å²) in [5.74, 6) is 0. The van der Waals surface area contributed by atoms with Crippen molar-refractivity contribution in [1.29, 1.82) is 10.5 Å². The van der Waals surface area contributed by atoms with Crippen LogP contribution in [0.4, 0.5) is 11.4 Å². The fourth-order valence-electron chi connectivity index (χ4n) is 9.09. The fraction of sp³-hybridized carbons (Fsp3) is 0. The summed E-state index contributed by atoms with van der Waals surface area (Å²) in [5, 5.41) is 27.9. The molecule has 0 unspecified atom stereocenters. The summed E-state index contributed by atoms with van der Waals surface area (Å²) in [7, 11) is 0. The van der Waals surface area contributed by atoms with E-state index in [4.69, 9.17) is 22.0 Å². The van der Waals surface area contributed by atoms with Crippen molar-refractivity contribution in [2.45, 2.75) is 0 Å². The molecule has 0 saturated carbocycles. The van der Waals surface area contributed by atoms with E-state index in [9.17, 15) is 10.5 Å². The van der Waals surface area contributed by atoms with Gasteiger partial charge in [-0.05, 0) is 83.9 Å². The number of benzene rings is 8. The average Bonchev–Trinajstić information content (AvgIpc) is 4.03. The van der Waals surface area contributed by atoms with Crippen molar-refractivity contribution in [3.8, 4) is 34.6 Å². The summed E-state index contributed by atoms with van der Waals surface area (Å²) in [5.41, 5.74) is 11.7. The van der Waals surface area contributed by atoms with Crippen molar-refractivity contribution < 1.29 is 8.83 Å². The number of hydrogen-bond donors (Lipinski definition) is 0. The number of aromatic nitrogens is 2. The number of furan rings is 2. The third-order valence-electron chi connectivity index (χ3n) is 11.8. The van der Waals surface area contributed by atoms with E-state index in [1.807, 2.05) is 48.5 Å². The van der Waals surface area contributed by atoms with Crippen LogP contribution in [0.2, 0.25) is 0 Å². The van der Waals surface area contributed by atoms with Crippen molar-refractivity contribution in [3.05, 3.63) is 180 Å². The van der Waals surface area contributed by atoms with E-state index >= 15 is 0 Å². The van der Waals surface area contributed by atoms with Crippen LogP contribution < -0.4 is 0 Å². The molecule has 8 aromatic carbocycles. The molecule has 0 spiro atoms. The molecule has 0 atom stereocenters. The molecular weight excluding hydrogens is 741 g/mol. The molecule has 60 heavy (non-hydrogen) atoms. The first-order valence-electron chi connectivity index (χ1n) is 19.2. The zero-order valence-electron chi connectivity index (χ0n) is 31.4. The zero-order chi connectivity index (χ0) is 40.2. The number of nitriles is 2. The molecule has 0 aliphatic carbocycles. The minimum atomic E-state index is 0.303. The Morgan fingerprint density at radius 2 is 0.900 bits per heavy atom. The van der Waals surface area contributed by atoms with Gasteiger partial charge in [-0.15, -0.1) is 0 Å². The third-order valence-corrected chi connectivity index (χ3v) is 11.8. The molecule has 0 saturated heterocycles. The lowest BCUT2D eigenvalue weighted by Crippen LogP contribution is -1.96. The molecule has 274 valence electrons. The standard InChI is InChI=1S/C52H24N6O2/c1-55-43-16-15-34(22-44(43)56-2)58-46-18-13-30(21-38(46)40-24-42-36-8-4-6-10-50(36)60-52(42)26-48(40)58)29-12-17-45-37(20-29)39-23-41-35-7-3-5-9-49(35)59-51(41)25-47(39)57(45)33-14-11-31(27-53)32(19-33)28-54/h3-26H. The molecule has 0 aliphatic rings. The maximum absolute atomic E-state index is 9.97. The summed E-state index contributed by atoms with van der Waals surface area (Å²) < 4.78 is 17.0. The minimum Gasteiger partial charge on any atom is -0.456 e. The van der Waals surface area contributed by atoms with Gasteiger partial charge in [-0.2, -0.15) is 10.5 Å². The van der Waals surface area contributed by atoms with Gasteiger partial charge in [-0.25, -0.2) is 0 Å². The van der Waals surface area contributed by atoms with Gasteiger partial charge < -0.3 is 18.0 Å². The largest absolute Gasteiger partial charge is 0.456 e. The van der Waals surface area contributed by atoms with Gasteiger partial charge in [0, 0.05) is 66.6 Å². The van der Waals surface area contributed by atoms with Gasteiger partial charge in [0.2, 0.25) is 0 Å². The Labute approximate surface area is 340 Å². The molecule has 0 fully saturated rings. The molecule has 8 nitrogen and oxygen atoms in total. The molecule has 8 heteroatoms. The number of fused-ring (bicyclic) bond motifs is 12. The van der Waals surface area contributed by atoms with Crippen LogP contribution in [-0.2, 0) is 0 Å². The second-order valence-corrected chi connectivity index (χ2v) is 14.9. The van der Waals surface area contributed by atoms with Crippen molar-refractivity contribution >= 4 is 98.9 Å². The van der Waals surface area contributed by atoms with E-state index < -0.39 is 0 Å². The minimum absolute atomic E-state index is 0.303. The molecular formula is C52H24N6O2. The van der Waals surface area contributed by atoms with E-state index in [0.29, 0.717) is 22.5 Å². The lowest BCUT2D eigenvalue weighted by Gasteiger charge is -2.10. The normalized spacial score (nSPS) is 11.6. The SMILES string of the molecule is [C-]#[N+]c1ccc(-n2c3ccc(-c4ccc5c(c4)c4cc6c(cc4n5-c4ccc(C#N)c(C#N)c4)oc4ccccc46)cc3c3cc4c(cc32)oc2ccccc24)cc1[N+]#[C-]. The predicted octanol–water partition coefficient (Wildman–Crippen LogP) is 14.2. The highest BCUT2D eigenvalue weighted by Gasteiger charge is 2.21. The Morgan fingerprint density at radius 3 is 1.43 bits per heavy atom. The van der Waals surface area contributed by atoms with Gasteiger partial charge in [0.05, 0.1) is 46.3 Å². The Morgan fingerprint density at radius 1 is 0.400 bits per heavy atom. The van der Waals surface area contributed by atoms with Crippen molar-refractivity contribution in [2.75, 3.05) is 0 Å². The summed E-state index contributed by atoms with van der Waals surface area (Å²) in [4.78, 5) is 7.27. The first kappa shape index (κ1) is 33.1. The zero-order valence-corrected chi connectivity index (χ0v) is 31.4. The van der Waals surface area contributed by atoms with Crippen molar-refractivity contribution in [2.24, 2.45) is 0 Å². The van der Waals surface area contributed by atoms with Crippen molar-refractivity contribution in [3.63, 3.8) is 0 Å². The topological polar surface area (TPSA) is 92.4 Å². The molecule has 0 radical (unpaired) electrons. The molecule has 0 bridgehead atoms. The molecule has 12 aromatic rings. The number of rotatable bonds is 3. The molecule has 0 N–H and O–H groups in total. The molecule has 4 heterocycles. The predicted molar refractivity (Wildman–Crippen MR) is 237 cm³/mol. The van der Waals surface area contributed by atoms with Crippen LogP contribution in [0.25, 0.3) is 120 Å². The maximum Gasteiger partial charge on any atom is 0.196 e. The Kier molecular flexibility index (Phi) is 6.73. The summed E-state index contributed by atoms with van der Waals surface area (Å²) in [6, 6.07) is 52.7. The van der Waals surface area contributed by atoms with Gasteiger partial charge in [0.25, 0.3) is 0 Å².